The summed E-state index contributed by atoms with van der Waals surface area (Å²) in [5.41, 5.74) is 3.60. The summed E-state index contributed by atoms with van der Waals surface area (Å²) in [5, 5.41) is 16.5. The average molecular weight is 592 g/mol. The Bertz CT molecular complexity index is 1630. The number of aliphatic imine (C=N–C) groups is 2. The Morgan fingerprint density at radius 2 is 1.83 bits per heavy atom. The van der Waals surface area contributed by atoms with Gasteiger partial charge in [-0.1, -0.05) is 17.3 Å². The number of halogens is 3. The number of amidine groups is 1. The highest BCUT2D eigenvalue weighted by Crippen LogP contribution is 2.38. The zero-order chi connectivity index (χ0) is 29.6. The van der Waals surface area contributed by atoms with Crippen LogP contribution in [-0.2, 0) is 21.6 Å². The summed E-state index contributed by atoms with van der Waals surface area (Å²) in [4.78, 5) is 26.4. The van der Waals surface area contributed by atoms with E-state index in [9.17, 15) is 31.7 Å². The molecule has 0 saturated carbocycles. The lowest BCUT2D eigenvalue weighted by Gasteiger charge is -2.40. The lowest BCUT2D eigenvalue weighted by atomic mass is 9.83. The summed E-state index contributed by atoms with van der Waals surface area (Å²) in [6.07, 6.45) is -2.80. The fourth-order valence-electron chi connectivity index (χ4n) is 5.06. The smallest absolute Gasteiger partial charge is 0.354 e. The predicted molar refractivity (Wildman–Crippen MR) is 140 cm³/mol. The molecule has 41 heavy (non-hydrogen) atoms. The van der Waals surface area contributed by atoms with Gasteiger partial charge in [0.05, 0.1) is 10.5 Å². The van der Waals surface area contributed by atoms with Crippen molar-refractivity contribution in [3.63, 3.8) is 0 Å². The first-order valence-electron chi connectivity index (χ1n) is 12.4. The van der Waals surface area contributed by atoms with Crippen LogP contribution in [0.5, 0.6) is 0 Å². The standard InChI is InChI=1S/C25H24F3N7O5S/c1-41(38,39)19-7-5-17(6-8-19)24(35(36)37)22(29)30-14-31-23(24)34-11-9-15(10-12-34)21-32-20(33-40-21)16-3-2-4-18(13-16)25(26,27)28/h2-8,13-15,22H,9-12,29H2,1H3. The van der Waals surface area contributed by atoms with E-state index in [0.717, 1.165) is 24.7 Å². The Labute approximate surface area is 231 Å². The van der Waals surface area contributed by atoms with Crippen LogP contribution >= 0.6 is 0 Å². The summed E-state index contributed by atoms with van der Waals surface area (Å²) in [7, 11) is -3.54. The summed E-state index contributed by atoms with van der Waals surface area (Å²) in [6, 6.07) is 9.87. The van der Waals surface area contributed by atoms with E-state index >= 15 is 0 Å². The van der Waals surface area contributed by atoms with Crippen LogP contribution in [0.3, 0.4) is 0 Å². The van der Waals surface area contributed by atoms with Crippen LogP contribution in [0.15, 0.2) is 67.9 Å². The van der Waals surface area contributed by atoms with Gasteiger partial charge >= 0.3 is 11.7 Å². The maximum atomic E-state index is 13.1. The number of alkyl halides is 3. The fraction of sp³-hybridized carbons (Fsp3) is 0.360. The van der Waals surface area contributed by atoms with Crippen molar-refractivity contribution in [3.05, 3.63) is 75.7 Å². The maximum absolute atomic E-state index is 13.1. The average Bonchev–Trinajstić information content (AvgIpc) is 3.43. The largest absolute Gasteiger partial charge is 0.416 e. The summed E-state index contributed by atoms with van der Waals surface area (Å²) in [6.45, 7) is 0.588. The molecule has 2 aromatic carbocycles. The van der Waals surface area contributed by atoms with Gasteiger partial charge in [-0.05, 0) is 49.2 Å². The van der Waals surface area contributed by atoms with E-state index in [4.69, 9.17) is 10.3 Å². The van der Waals surface area contributed by atoms with Crippen LogP contribution in [0.25, 0.3) is 11.4 Å². The van der Waals surface area contributed by atoms with Gasteiger partial charge in [-0.25, -0.2) is 18.4 Å². The van der Waals surface area contributed by atoms with Crippen LogP contribution in [0, 0.1) is 10.1 Å². The molecular formula is C25H24F3N7O5S. The topological polar surface area (TPSA) is 170 Å². The van der Waals surface area contributed by atoms with E-state index in [2.05, 4.69) is 20.1 Å². The number of hydrogen-bond acceptors (Lipinski definition) is 11. The highest BCUT2D eigenvalue weighted by molar-refractivity contribution is 7.90. The minimum Gasteiger partial charge on any atom is -0.354 e. The normalized spacial score (nSPS) is 22.0. The molecule has 3 heterocycles. The molecule has 16 heteroatoms. The van der Waals surface area contributed by atoms with Gasteiger partial charge in [-0.2, -0.15) is 18.2 Å². The SMILES string of the molecule is CS(=O)(=O)c1ccc(C2([N+](=O)[O-])C(N3CCC(c4nc(-c5cccc(C(F)(F)F)c5)no4)CC3)=NC=NC2N)cc1. The first-order chi connectivity index (χ1) is 19.3. The third-order valence-electron chi connectivity index (χ3n) is 7.22. The number of aromatic nitrogens is 2. The molecule has 3 aromatic rings. The van der Waals surface area contributed by atoms with E-state index < -0.39 is 38.2 Å². The predicted octanol–water partition coefficient (Wildman–Crippen LogP) is 3.24. The molecule has 12 nitrogen and oxygen atoms in total. The van der Waals surface area contributed by atoms with Gasteiger partial charge < -0.3 is 15.2 Å². The number of sulfone groups is 1. The third-order valence-corrected chi connectivity index (χ3v) is 8.35. The van der Waals surface area contributed by atoms with Crippen LogP contribution < -0.4 is 5.73 Å². The number of nitrogens with zero attached hydrogens (tertiary/aromatic N) is 6. The molecule has 2 N–H and O–H groups in total. The number of piperidine rings is 1. The van der Waals surface area contributed by atoms with Crippen LogP contribution in [0.2, 0.25) is 0 Å². The molecule has 0 radical (unpaired) electrons. The van der Waals surface area contributed by atoms with Crippen molar-refractivity contribution in [2.75, 3.05) is 19.3 Å². The monoisotopic (exact) mass is 591 g/mol. The number of benzene rings is 2. The van der Waals surface area contributed by atoms with E-state index in [-0.39, 0.29) is 39.5 Å². The molecule has 1 fully saturated rings. The molecule has 216 valence electrons. The van der Waals surface area contributed by atoms with Crippen molar-refractivity contribution in [1.82, 2.24) is 15.0 Å². The molecule has 1 saturated heterocycles. The Balaban J connectivity index is 1.38. The van der Waals surface area contributed by atoms with Gasteiger partial charge in [0.15, 0.2) is 21.8 Å². The zero-order valence-corrected chi connectivity index (χ0v) is 22.3. The molecule has 2 aliphatic heterocycles. The van der Waals surface area contributed by atoms with Gasteiger partial charge in [0.25, 0.3) is 0 Å². The highest BCUT2D eigenvalue weighted by Gasteiger charge is 2.59. The second-order valence-electron chi connectivity index (χ2n) is 9.78. The molecule has 2 atom stereocenters. The molecule has 1 aromatic heterocycles. The number of hydrogen-bond donors (Lipinski definition) is 1. The Morgan fingerprint density at radius 3 is 2.44 bits per heavy atom. The molecule has 0 spiro atoms. The number of likely N-dealkylation sites (tertiary alicyclic amines) is 1. The third kappa shape index (κ3) is 5.19. The van der Waals surface area contributed by atoms with E-state index in [1.807, 2.05) is 0 Å². The number of rotatable bonds is 5. The second-order valence-corrected chi connectivity index (χ2v) is 11.8. The van der Waals surface area contributed by atoms with Crippen molar-refractivity contribution in [2.24, 2.45) is 15.7 Å². The minimum absolute atomic E-state index is 0.00371. The van der Waals surface area contributed by atoms with Crippen molar-refractivity contribution in [1.29, 1.82) is 0 Å². The lowest BCUT2D eigenvalue weighted by Crippen LogP contribution is -2.62. The Morgan fingerprint density at radius 1 is 1.15 bits per heavy atom. The van der Waals surface area contributed by atoms with Crippen molar-refractivity contribution in [3.8, 4) is 11.4 Å². The molecular weight excluding hydrogens is 567 g/mol. The zero-order valence-electron chi connectivity index (χ0n) is 21.5. The number of nitrogens with two attached hydrogens (primary N) is 1. The van der Waals surface area contributed by atoms with E-state index in [0.29, 0.717) is 25.9 Å². The fourth-order valence-corrected chi connectivity index (χ4v) is 5.69. The maximum Gasteiger partial charge on any atom is 0.416 e. The molecule has 5 rings (SSSR count). The quantitative estimate of drug-likeness (QED) is 0.346. The molecule has 0 aliphatic carbocycles. The van der Waals surface area contributed by atoms with Gasteiger partial charge in [0, 0.05) is 41.3 Å². The Kier molecular flexibility index (Phi) is 7.15. The molecule has 2 aliphatic rings. The summed E-state index contributed by atoms with van der Waals surface area (Å²) in [5.74, 6) is 0.0877. The van der Waals surface area contributed by atoms with Crippen LogP contribution in [-0.4, -0.2) is 66.1 Å². The first-order valence-corrected chi connectivity index (χ1v) is 14.3. The summed E-state index contributed by atoms with van der Waals surface area (Å²) < 4.78 is 68.5. The molecule has 0 amide bonds. The molecule has 2 unspecified atom stereocenters. The minimum atomic E-state index is -4.51. The van der Waals surface area contributed by atoms with Crippen molar-refractivity contribution >= 4 is 22.0 Å². The van der Waals surface area contributed by atoms with Crippen molar-refractivity contribution < 1.29 is 31.0 Å². The van der Waals surface area contributed by atoms with Crippen molar-refractivity contribution in [2.45, 2.75) is 41.5 Å². The summed E-state index contributed by atoms with van der Waals surface area (Å²) >= 11 is 0. The van der Waals surface area contributed by atoms with Gasteiger partial charge in [0.2, 0.25) is 11.7 Å². The molecule has 0 bridgehead atoms. The first kappa shape index (κ1) is 28.4. The van der Waals surface area contributed by atoms with Crippen LogP contribution in [0.1, 0.15) is 35.8 Å². The van der Waals surface area contributed by atoms with E-state index in [1.54, 1.807) is 4.90 Å². The van der Waals surface area contributed by atoms with Gasteiger partial charge in [-0.3, -0.25) is 10.1 Å². The van der Waals surface area contributed by atoms with Crippen LogP contribution in [0.4, 0.5) is 13.2 Å². The van der Waals surface area contributed by atoms with Gasteiger partial charge in [0.1, 0.15) is 6.34 Å². The highest BCUT2D eigenvalue weighted by atomic mass is 32.2. The second kappa shape index (κ2) is 10.3. The number of nitro groups is 1. The van der Waals surface area contributed by atoms with E-state index in [1.165, 1.54) is 36.4 Å². The van der Waals surface area contributed by atoms with Gasteiger partial charge in [-0.15, -0.1) is 0 Å². The lowest BCUT2D eigenvalue weighted by molar-refractivity contribution is -0.561. The Hall–Kier alpha value is -4.18.